The van der Waals surface area contributed by atoms with Gasteiger partial charge >= 0.3 is 0 Å². The van der Waals surface area contributed by atoms with Crippen LogP contribution in [0.1, 0.15) is 31.4 Å². The SMILES string of the molecule is CC(=O)Nc1ncc(-c2nccnc2C2CCNCC2)s1. The highest BCUT2D eigenvalue weighted by Crippen LogP contribution is 2.34. The molecule has 0 atom stereocenters. The largest absolute Gasteiger partial charge is 0.317 e. The van der Waals surface area contributed by atoms with Crippen molar-refractivity contribution in [3.8, 4) is 10.6 Å². The van der Waals surface area contributed by atoms with Gasteiger partial charge in [0, 0.05) is 31.4 Å². The van der Waals surface area contributed by atoms with Crippen molar-refractivity contribution >= 4 is 22.4 Å². The predicted octanol–water partition coefficient (Wildman–Crippen LogP) is 2.03. The Morgan fingerprint density at radius 2 is 2.05 bits per heavy atom. The molecule has 0 bridgehead atoms. The fourth-order valence-electron chi connectivity index (χ4n) is 2.52. The summed E-state index contributed by atoms with van der Waals surface area (Å²) in [6.07, 6.45) is 7.35. The van der Waals surface area contributed by atoms with E-state index < -0.39 is 0 Å². The van der Waals surface area contributed by atoms with E-state index in [4.69, 9.17) is 0 Å². The minimum atomic E-state index is -0.117. The normalized spacial score (nSPS) is 15.9. The van der Waals surface area contributed by atoms with Gasteiger partial charge in [0.2, 0.25) is 5.91 Å². The van der Waals surface area contributed by atoms with Crippen LogP contribution < -0.4 is 10.6 Å². The lowest BCUT2D eigenvalue weighted by molar-refractivity contribution is -0.114. The van der Waals surface area contributed by atoms with E-state index in [1.165, 1.54) is 18.3 Å². The monoisotopic (exact) mass is 303 g/mol. The van der Waals surface area contributed by atoms with Crippen molar-refractivity contribution in [1.82, 2.24) is 20.3 Å². The van der Waals surface area contributed by atoms with Crippen LogP contribution in [0.2, 0.25) is 0 Å². The molecule has 1 amide bonds. The Kier molecular flexibility index (Phi) is 4.21. The summed E-state index contributed by atoms with van der Waals surface area (Å²) >= 11 is 1.43. The highest BCUT2D eigenvalue weighted by molar-refractivity contribution is 7.19. The average Bonchev–Trinajstić information content (AvgIpc) is 2.96. The zero-order chi connectivity index (χ0) is 14.7. The average molecular weight is 303 g/mol. The summed E-state index contributed by atoms with van der Waals surface area (Å²) in [6, 6.07) is 0. The minimum Gasteiger partial charge on any atom is -0.317 e. The van der Waals surface area contributed by atoms with Gasteiger partial charge in [0.25, 0.3) is 0 Å². The molecule has 2 N–H and O–H groups in total. The number of nitrogens with zero attached hydrogens (tertiary/aromatic N) is 3. The van der Waals surface area contributed by atoms with Crippen molar-refractivity contribution in [3.63, 3.8) is 0 Å². The second kappa shape index (κ2) is 6.28. The number of hydrogen-bond acceptors (Lipinski definition) is 6. The Bertz CT molecular complexity index is 636. The summed E-state index contributed by atoms with van der Waals surface area (Å²) in [5.41, 5.74) is 1.93. The molecule has 0 aromatic carbocycles. The van der Waals surface area contributed by atoms with Gasteiger partial charge in [-0.3, -0.25) is 14.8 Å². The highest BCUT2D eigenvalue weighted by atomic mass is 32.1. The van der Waals surface area contributed by atoms with Crippen LogP contribution in [-0.2, 0) is 4.79 Å². The van der Waals surface area contributed by atoms with E-state index in [9.17, 15) is 4.79 Å². The first-order chi connectivity index (χ1) is 10.2. The lowest BCUT2D eigenvalue weighted by atomic mass is 9.93. The van der Waals surface area contributed by atoms with Gasteiger partial charge in [-0.1, -0.05) is 11.3 Å². The molecule has 0 spiro atoms. The number of hydrogen-bond donors (Lipinski definition) is 2. The summed E-state index contributed by atoms with van der Waals surface area (Å²) in [5.74, 6) is 0.315. The Balaban J connectivity index is 1.90. The second-order valence-corrected chi connectivity index (χ2v) is 6.06. The summed E-state index contributed by atoms with van der Waals surface area (Å²) in [4.78, 5) is 25.3. The van der Waals surface area contributed by atoms with E-state index >= 15 is 0 Å². The summed E-state index contributed by atoms with van der Waals surface area (Å²) in [7, 11) is 0. The Labute approximate surface area is 127 Å². The zero-order valence-electron chi connectivity index (χ0n) is 11.8. The number of amides is 1. The predicted molar refractivity (Wildman–Crippen MR) is 82.3 cm³/mol. The maximum atomic E-state index is 11.1. The fourth-order valence-corrected chi connectivity index (χ4v) is 3.39. The molecule has 1 aliphatic heterocycles. The van der Waals surface area contributed by atoms with Gasteiger partial charge in [0.05, 0.1) is 10.6 Å². The van der Waals surface area contributed by atoms with Crippen LogP contribution in [0.5, 0.6) is 0 Å². The molecule has 1 aliphatic rings. The molecular formula is C14H17N5OS. The zero-order valence-corrected chi connectivity index (χ0v) is 12.6. The van der Waals surface area contributed by atoms with Crippen molar-refractivity contribution in [2.75, 3.05) is 18.4 Å². The van der Waals surface area contributed by atoms with Gasteiger partial charge < -0.3 is 10.6 Å². The number of carbonyl (C=O) groups is 1. The Morgan fingerprint density at radius 3 is 2.81 bits per heavy atom. The van der Waals surface area contributed by atoms with Gasteiger partial charge in [-0.2, -0.15) is 0 Å². The molecule has 110 valence electrons. The summed E-state index contributed by atoms with van der Waals surface area (Å²) < 4.78 is 0. The molecule has 1 saturated heterocycles. The van der Waals surface area contributed by atoms with Gasteiger partial charge in [0.15, 0.2) is 5.13 Å². The molecular weight excluding hydrogens is 286 g/mol. The number of aromatic nitrogens is 3. The smallest absolute Gasteiger partial charge is 0.223 e. The Hall–Kier alpha value is -1.86. The van der Waals surface area contributed by atoms with E-state index in [0.717, 1.165) is 42.2 Å². The molecule has 2 aromatic heterocycles. The lowest BCUT2D eigenvalue weighted by Gasteiger charge is -2.23. The molecule has 3 rings (SSSR count). The van der Waals surface area contributed by atoms with E-state index in [-0.39, 0.29) is 5.91 Å². The molecule has 0 unspecified atom stereocenters. The minimum absolute atomic E-state index is 0.117. The first-order valence-corrected chi connectivity index (χ1v) is 7.81. The van der Waals surface area contributed by atoms with Gasteiger partial charge in [-0.15, -0.1) is 0 Å². The topological polar surface area (TPSA) is 79.8 Å². The van der Waals surface area contributed by atoms with Crippen molar-refractivity contribution in [3.05, 3.63) is 24.3 Å². The van der Waals surface area contributed by atoms with E-state index in [2.05, 4.69) is 25.6 Å². The number of rotatable bonds is 3. The summed E-state index contributed by atoms with van der Waals surface area (Å²) in [5, 5.41) is 6.66. The van der Waals surface area contributed by atoms with Crippen molar-refractivity contribution in [1.29, 1.82) is 0 Å². The lowest BCUT2D eigenvalue weighted by Crippen LogP contribution is -2.27. The summed E-state index contributed by atoms with van der Waals surface area (Å²) in [6.45, 7) is 3.50. The fraction of sp³-hybridized carbons (Fsp3) is 0.429. The maximum Gasteiger partial charge on any atom is 0.223 e. The maximum absolute atomic E-state index is 11.1. The van der Waals surface area contributed by atoms with Crippen LogP contribution >= 0.6 is 11.3 Å². The molecule has 0 aliphatic carbocycles. The molecule has 21 heavy (non-hydrogen) atoms. The van der Waals surface area contributed by atoms with Gasteiger partial charge in [-0.25, -0.2) is 4.98 Å². The third-order valence-electron chi connectivity index (χ3n) is 3.47. The van der Waals surface area contributed by atoms with E-state index in [0.29, 0.717) is 11.0 Å². The van der Waals surface area contributed by atoms with E-state index in [1.54, 1.807) is 18.6 Å². The molecule has 0 saturated carbocycles. The highest BCUT2D eigenvalue weighted by Gasteiger charge is 2.22. The molecule has 0 radical (unpaired) electrons. The van der Waals surface area contributed by atoms with Crippen LogP contribution in [0, 0.1) is 0 Å². The molecule has 1 fully saturated rings. The van der Waals surface area contributed by atoms with Crippen LogP contribution in [0.15, 0.2) is 18.6 Å². The number of anilines is 1. The van der Waals surface area contributed by atoms with Gasteiger partial charge in [-0.05, 0) is 25.9 Å². The molecule has 2 aromatic rings. The third kappa shape index (κ3) is 3.25. The van der Waals surface area contributed by atoms with Crippen molar-refractivity contribution in [2.24, 2.45) is 0 Å². The van der Waals surface area contributed by atoms with Crippen LogP contribution in [0.3, 0.4) is 0 Å². The second-order valence-electron chi connectivity index (χ2n) is 5.03. The first kappa shape index (κ1) is 14.1. The van der Waals surface area contributed by atoms with E-state index in [1.807, 2.05) is 0 Å². The van der Waals surface area contributed by atoms with Crippen LogP contribution in [0.25, 0.3) is 10.6 Å². The number of nitrogens with one attached hydrogen (secondary N) is 2. The van der Waals surface area contributed by atoms with Crippen LogP contribution in [-0.4, -0.2) is 33.9 Å². The standard InChI is InChI=1S/C14H17N5OS/c1-9(20)19-14-18-8-11(21-14)13-12(16-6-7-17-13)10-2-4-15-5-3-10/h6-8,10,15H,2-5H2,1H3,(H,18,19,20). The molecule has 7 heteroatoms. The van der Waals surface area contributed by atoms with Crippen molar-refractivity contribution in [2.45, 2.75) is 25.7 Å². The molecule has 3 heterocycles. The Morgan fingerprint density at radius 1 is 1.29 bits per heavy atom. The molecule has 6 nitrogen and oxygen atoms in total. The number of carbonyl (C=O) groups excluding carboxylic acids is 1. The van der Waals surface area contributed by atoms with Gasteiger partial charge in [0.1, 0.15) is 5.69 Å². The quantitative estimate of drug-likeness (QED) is 0.907. The number of thiazole rings is 1. The van der Waals surface area contributed by atoms with Crippen molar-refractivity contribution < 1.29 is 4.79 Å². The van der Waals surface area contributed by atoms with Crippen LogP contribution in [0.4, 0.5) is 5.13 Å². The third-order valence-corrected chi connectivity index (χ3v) is 4.39. The first-order valence-electron chi connectivity index (χ1n) is 6.99. The number of piperidine rings is 1.